The van der Waals surface area contributed by atoms with Gasteiger partial charge < -0.3 is 4.57 Å². The van der Waals surface area contributed by atoms with Gasteiger partial charge in [0, 0.05) is 19.6 Å². The fourth-order valence-corrected chi connectivity index (χ4v) is 1.53. The fourth-order valence-electron chi connectivity index (χ4n) is 1.53. The first-order chi connectivity index (χ1) is 5.81. The van der Waals surface area contributed by atoms with Crippen LogP contribution in [0.2, 0.25) is 0 Å². The van der Waals surface area contributed by atoms with Gasteiger partial charge in [-0.1, -0.05) is 0 Å². The molecule has 0 atom stereocenters. The van der Waals surface area contributed by atoms with E-state index in [2.05, 4.69) is 16.9 Å². The van der Waals surface area contributed by atoms with Gasteiger partial charge in [-0.25, -0.2) is 4.98 Å². The Morgan fingerprint density at radius 3 is 3.17 bits per heavy atom. The fraction of sp³-hybridized carbons (Fsp3) is 0.500. The Bertz CT molecular complexity index is 305. The molecule has 0 aromatic carbocycles. The second kappa shape index (κ2) is 2.71. The van der Waals surface area contributed by atoms with Crippen LogP contribution >= 0.6 is 0 Å². The zero-order chi connectivity index (χ0) is 8.55. The van der Waals surface area contributed by atoms with E-state index in [-0.39, 0.29) is 0 Å². The van der Waals surface area contributed by atoms with Crippen molar-refractivity contribution in [2.45, 2.75) is 13.1 Å². The number of imidazole rings is 1. The molecule has 0 N–H and O–H groups in total. The van der Waals surface area contributed by atoms with E-state index in [1.807, 2.05) is 4.57 Å². The van der Waals surface area contributed by atoms with Crippen LogP contribution in [0, 0.1) is 0 Å². The number of likely N-dealkylation sites (N-methyl/N-ethyl adjacent to an activating group) is 1. The van der Waals surface area contributed by atoms with E-state index in [1.54, 1.807) is 6.20 Å². The SMILES string of the molecule is CN1CCn2c(cnc2C=O)C1. The molecule has 2 heterocycles. The Morgan fingerprint density at radius 1 is 1.58 bits per heavy atom. The van der Waals surface area contributed by atoms with Crippen molar-refractivity contribution < 1.29 is 4.79 Å². The van der Waals surface area contributed by atoms with Crippen LogP contribution in [-0.2, 0) is 13.1 Å². The molecule has 0 aliphatic carbocycles. The lowest BCUT2D eigenvalue weighted by Gasteiger charge is -2.24. The average molecular weight is 165 g/mol. The third-order valence-corrected chi connectivity index (χ3v) is 2.21. The molecular formula is C8H11N3O. The lowest BCUT2D eigenvalue weighted by Crippen LogP contribution is -2.30. The maximum atomic E-state index is 10.5. The summed E-state index contributed by atoms with van der Waals surface area (Å²) in [5.41, 5.74) is 1.13. The van der Waals surface area contributed by atoms with E-state index in [0.717, 1.165) is 31.6 Å². The molecule has 0 saturated heterocycles. The molecule has 1 aliphatic heterocycles. The molecule has 0 fully saturated rings. The lowest BCUT2D eigenvalue weighted by atomic mass is 10.3. The number of hydrogen-bond acceptors (Lipinski definition) is 3. The minimum absolute atomic E-state index is 0.554. The molecule has 2 rings (SSSR count). The number of aldehydes is 1. The second-order valence-corrected chi connectivity index (χ2v) is 3.12. The van der Waals surface area contributed by atoms with Crippen LogP contribution in [0.3, 0.4) is 0 Å². The van der Waals surface area contributed by atoms with Crippen molar-refractivity contribution in [2.24, 2.45) is 0 Å². The molecule has 4 heteroatoms. The number of aromatic nitrogens is 2. The predicted octanol–water partition coefficient (Wildman–Crippen LogP) is 0.141. The molecule has 64 valence electrons. The molecule has 12 heavy (non-hydrogen) atoms. The summed E-state index contributed by atoms with van der Waals surface area (Å²) in [6.07, 6.45) is 2.59. The number of carbonyl (C=O) groups excluding carboxylic acids is 1. The molecule has 0 saturated carbocycles. The van der Waals surface area contributed by atoms with Gasteiger partial charge in [-0.2, -0.15) is 0 Å². The Morgan fingerprint density at radius 2 is 2.42 bits per heavy atom. The maximum absolute atomic E-state index is 10.5. The lowest BCUT2D eigenvalue weighted by molar-refractivity contribution is 0.110. The van der Waals surface area contributed by atoms with Crippen LogP contribution in [0.5, 0.6) is 0 Å². The summed E-state index contributed by atoms with van der Waals surface area (Å²) in [7, 11) is 2.07. The Labute approximate surface area is 70.8 Å². The van der Waals surface area contributed by atoms with Gasteiger partial charge in [-0.15, -0.1) is 0 Å². The first kappa shape index (κ1) is 7.49. The molecule has 0 amide bonds. The van der Waals surface area contributed by atoms with Crippen molar-refractivity contribution in [1.82, 2.24) is 14.5 Å². The zero-order valence-electron chi connectivity index (χ0n) is 7.03. The van der Waals surface area contributed by atoms with Gasteiger partial charge in [0.05, 0.1) is 11.9 Å². The molecule has 0 bridgehead atoms. The van der Waals surface area contributed by atoms with E-state index in [9.17, 15) is 4.79 Å². The molecule has 1 aromatic rings. The smallest absolute Gasteiger partial charge is 0.185 e. The van der Waals surface area contributed by atoms with Gasteiger partial charge >= 0.3 is 0 Å². The summed E-state index contributed by atoms with van der Waals surface area (Å²) in [6, 6.07) is 0. The van der Waals surface area contributed by atoms with E-state index in [0.29, 0.717) is 5.82 Å². The standard InChI is InChI=1S/C8H11N3O/c1-10-2-3-11-7(5-10)4-9-8(11)6-12/h4,6H,2-3,5H2,1H3. The third kappa shape index (κ3) is 1.04. The van der Waals surface area contributed by atoms with Crippen LogP contribution in [0.15, 0.2) is 6.20 Å². The van der Waals surface area contributed by atoms with Crippen LogP contribution in [0.4, 0.5) is 0 Å². The third-order valence-electron chi connectivity index (χ3n) is 2.21. The van der Waals surface area contributed by atoms with Crippen molar-refractivity contribution in [1.29, 1.82) is 0 Å². The van der Waals surface area contributed by atoms with E-state index < -0.39 is 0 Å². The minimum Gasteiger partial charge on any atom is -0.323 e. The average Bonchev–Trinajstić information content (AvgIpc) is 2.46. The molecule has 0 radical (unpaired) electrons. The first-order valence-electron chi connectivity index (χ1n) is 3.99. The maximum Gasteiger partial charge on any atom is 0.185 e. The summed E-state index contributed by atoms with van der Waals surface area (Å²) in [4.78, 5) is 16.8. The molecule has 1 aromatic heterocycles. The quantitative estimate of drug-likeness (QED) is 0.555. The monoisotopic (exact) mass is 165 g/mol. The number of fused-ring (bicyclic) bond motifs is 1. The number of nitrogens with zero attached hydrogens (tertiary/aromatic N) is 3. The normalized spacial score (nSPS) is 17.4. The number of hydrogen-bond donors (Lipinski definition) is 0. The molecule has 0 spiro atoms. The van der Waals surface area contributed by atoms with E-state index in [4.69, 9.17) is 0 Å². The summed E-state index contributed by atoms with van der Waals surface area (Å²) in [5.74, 6) is 0.554. The van der Waals surface area contributed by atoms with Crippen LogP contribution in [-0.4, -0.2) is 34.3 Å². The summed E-state index contributed by atoms with van der Waals surface area (Å²) < 4.78 is 1.98. The van der Waals surface area contributed by atoms with Crippen molar-refractivity contribution in [2.75, 3.05) is 13.6 Å². The first-order valence-corrected chi connectivity index (χ1v) is 3.99. The summed E-state index contributed by atoms with van der Waals surface area (Å²) >= 11 is 0. The van der Waals surface area contributed by atoms with E-state index in [1.165, 1.54) is 0 Å². The zero-order valence-corrected chi connectivity index (χ0v) is 7.03. The molecule has 4 nitrogen and oxygen atoms in total. The largest absolute Gasteiger partial charge is 0.323 e. The highest BCUT2D eigenvalue weighted by Gasteiger charge is 2.15. The Balaban J connectivity index is 2.38. The molecule has 0 unspecified atom stereocenters. The van der Waals surface area contributed by atoms with Crippen LogP contribution in [0.1, 0.15) is 16.3 Å². The van der Waals surface area contributed by atoms with Crippen molar-refractivity contribution in [3.63, 3.8) is 0 Å². The van der Waals surface area contributed by atoms with Gasteiger partial charge in [-0.05, 0) is 7.05 Å². The van der Waals surface area contributed by atoms with E-state index >= 15 is 0 Å². The highest BCUT2D eigenvalue weighted by atomic mass is 16.1. The van der Waals surface area contributed by atoms with Gasteiger partial charge in [0.2, 0.25) is 0 Å². The summed E-state index contributed by atoms with van der Waals surface area (Å²) in [6.45, 7) is 2.75. The topological polar surface area (TPSA) is 38.1 Å². The van der Waals surface area contributed by atoms with Crippen molar-refractivity contribution >= 4 is 6.29 Å². The van der Waals surface area contributed by atoms with Gasteiger partial charge in [-0.3, -0.25) is 9.69 Å². The molecular weight excluding hydrogens is 154 g/mol. The van der Waals surface area contributed by atoms with Gasteiger partial charge in [0.1, 0.15) is 0 Å². The van der Waals surface area contributed by atoms with Gasteiger partial charge in [0.25, 0.3) is 0 Å². The van der Waals surface area contributed by atoms with Gasteiger partial charge in [0.15, 0.2) is 12.1 Å². The van der Waals surface area contributed by atoms with Crippen LogP contribution in [0.25, 0.3) is 0 Å². The highest BCUT2D eigenvalue weighted by molar-refractivity contribution is 5.69. The number of rotatable bonds is 1. The highest BCUT2D eigenvalue weighted by Crippen LogP contribution is 2.11. The van der Waals surface area contributed by atoms with Crippen LogP contribution < -0.4 is 0 Å². The summed E-state index contributed by atoms with van der Waals surface area (Å²) in [5, 5.41) is 0. The van der Waals surface area contributed by atoms with Crippen molar-refractivity contribution in [3.8, 4) is 0 Å². The minimum atomic E-state index is 0.554. The van der Waals surface area contributed by atoms with Crippen molar-refractivity contribution in [3.05, 3.63) is 17.7 Å². The molecule has 1 aliphatic rings. The number of carbonyl (C=O) groups is 1. The Hall–Kier alpha value is -1.16. The predicted molar refractivity (Wildman–Crippen MR) is 43.9 cm³/mol. The Kier molecular flexibility index (Phi) is 1.69. The second-order valence-electron chi connectivity index (χ2n) is 3.12.